The molecule has 108 valence electrons. The van der Waals surface area contributed by atoms with Gasteiger partial charge in [0.2, 0.25) is 5.91 Å². The van der Waals surface area contributed by atoms with Crippen molar-refractivity contribution in [2.24, 2.45) is 0 Å². The molecule has 1 aromatic heterocycles. The van der Waals surface area contributed by atoms with E-state index in [1.165, 1.54) is 0 Å². The molecule has 0 aliphatic rings. The number of aromatic nitrogens is 2. The SMILES string of the molecule is CCOCCCNC(=O)C(C)n1nc(C)c(Br)c1C. The Morgan fingerprint density at radius 2 is 2.21 bits per heavy atom. The van der Waals surface area contributed by atoms with E-state index < -0.39 is 0 Å². The molecule has 6 heteroatoms. The molecule has 19 heavy (non-hydrogen) atoms. The highest BCUT2D eigenvalue weighted by molar-refractivity contribution is 9.10. The summed E-state index contributed by atoms with van der Waals surface area (Å²) >= 11 is 3.47. The summed E-state index contributed by atoms with van der Waals surface area (Å²) in [4.78, 5) is 12.0. The Balaban J connectivity index is 2.50. The molecule has 1 N–H and O–H groups in total. The van der Waals surface area contributed by atoms with E-state index in [0.717, 1.165) is 22.3 Å². The van der Waals surface area contributed by atoms with Crippen molar-refractivity contribution in [1.82, 2.24) is 15.1 Å². The van der Waals surface area contributed by atoms with Gasteiger partial charge in [-0.3, -0.25) is 9.48 Å². The number of ether oxygens (including phenoxy) is 1. The van der Waals surface area contributed by atoms with Crippen LogP contribution in [0.4, 0.5) is 0 Å². The van der Waals surface area contributed by atoms with Crippen molar-refractivity contribution in [2.75, 3.05) is 19.8 Å². The molecular weight excluding hydrogens is 310 g/mol. The van der Waals surface area contributed by atoms with Gasteiger partial charge in [-0.15, -0.1) is 0 Å². The lowest BCUT2D eigenvalue weighted by atomic mass is 10.3. The number of hydrogen-bond acceptors (Lipinski definition) is 3. The third-order valence-corrected chi connectivity index (χ3v) is 4.10. The van der Waals surface area contributed by atoms with E-state index in [4.69, 9.17) is 4.74 Å². The standard InChI is InChI=1S/C13H22BrN3O2/c1-5-19-8-6-7-15-13(18)11(4)17-10(3)12(14)9(2)16-17/h11H,5-8H2,1-4H3,(H,15,18). The molecule has 0 bridgehead atoms. The number of nitrogens with zero attached hydrogens (tertiary/aromatic N) is 2. The predicted molar refractivity (Wildman–Crippen MR) is 78.2 cm³/mol. The van der Waals surface area contributed by atoms with E-state index in [9.17, 15) is 4.79 Å². The monoisotopic (exact) mass is 331 g/mol. The summed E-state index contributed by atoms with van der Waals surface area (Å²) in [6.45, 7) is 9.69. The normalized spacial score (nSPS) is 12.5. The summed E-state index contributed by atoms with van der Waals surface area (Å²) in [6, 6.07) is -0.308. The molecule has 0 spiro atoms. The van der Waals surface area contributed by atoms with Gasteiger partial charge < -0.3 is 10.1 Å². The van der Waals surface area contributed by atoms with Gasteiger partial charge in [-0.25, -0.2) is 0 Å². The van der Waals surface area contributed by atoms with Crippen LogP contribution < -0.4 is 5.32 Å². The lowest BCUT2D eigenvalue weighted by molar-refractivity contribution is -0.124. The number of rotatable bonds is 7. The zero-order valence-corrected chi connectivity index (χ0v) is 13.6. The van der Waals surface area contributed by atoms with Crippen molar-refractivity contribution >= 4 is 21.8 Å². The fraction of sp³-hybridized carbons (Fsp3) is 0.692. The maximum absolute atomic E-state index is 12.0. The minimum atomic E-state index is -0.308. The number of hydrogen-bond donors (Lipinski definition) is 1. The van der Waals surface area contributed by atoms with Crippen LogP contribution in [0, 0.1) is 13.8 Å². The smallest absolute Gasteiger partial charge is 0.244 e. The highest BCUT2D eigenvalue weighted by atomic mass is 79.9. The summed E-state index contributed by atoms with van der Waals surface area (Å²) in [5.74, 6) is -0.0189. The Kier molecular flexibility index (Phi) is 6.51. The molecule has 1 atom stereocenters. The van der Waals surface area contributed by atoms with Crippen molar-refractivity contribution in [1.29, 1.82) is 0 Å². The minimum absolute atomic E-state index is 0.0189. The third kappa shape index (κ3) is 4.31. The summed E-state index contributed by atoms with van der Waals surface area (Å²) < 4.78 is 7.93. The second-order valence-corrected chi connectivity index (χ2v) is 5.24. The molecule has 0 radical (unpaired) electrons. The van der Waals surface area contributed by atoms with Crippen LogP contribution in [0.5, 0.6) is 0 Å². The van der Waals surface area contributed by atoms with E-state index in [0.29, 0.717) is 19.8 Å². The van der Waals surface area contributed by atoms with Gasteiger partial charge in [0.1, 0.15) is 6.04 Å². The molecule has 0 fully saturated rings. The van der Waals surface area contributed by atoms with E-state index >= 15 is 0 Å². The fourth-order valence-electron chi connectivity index (χ4n) is 1.81. The number of aryl methyl sites for hydroxylation is 1. The topological polar surface area (TPSA) is 56.1 Å². The molecule has 1 unspecified atom stereocenters. The van der Waals surface area contributed by atoms with Crippen LogP contribution in [0.25, 0.3) is 0 Å². The van der Waals surface area contributed by atoms with Crippen molar-refractivity contribution in [3.05, 3.63) is 15.9 Å². The lowest BCUT2D eigenvalue weighted by Crippen LogP contribution is -2.33. The summed E-state index contributed by atoms with van der Waals surface area (Å²) in [7, 11) is 0. The predicted octanol–water partition coefficient (Wildman–Crippen LogP) is 2.37. The van der Waals surface area contributed by atoms with Gasteiger partial charge in [-0.05, 0) is 50.0 Å². The van der Waals surface area contributed by atoms with Gasteiger partial charge in [0.25, 0.3) is 0 Å². The zero-order chi connectivity index (χ0) is 14.4. The van der Waals surface area contributed by atoms with Crippen molar-refractivity contribution in [3.8, 4) is 0 Å². The first-order chi connectivity index (χ1) is 8.99. The third-order valence-electron chi connectivity index (χ3n) is 2.95. The molecule has 1 rings (SSSR count). The maximum Gasteiger partial charge on any atom is 0.244 e. The van der Waals surface area contributed by atoms with Crippen LogP contribution in [-0.2, 0) is 9.53 Å². The van der Waals surface area contributed by atoms with Gasteiger partial charge in [-0.1, -0.05) is 0 Å². The van der Waals surface area contributed by atoms with Crippen molar-refractivity contribution in [3.63, 3.8) is 0 Å². The van der Waals surface area contributed by atoms with Gasteiger partial charge in [0.05, 0.1) is 15.9 Å². The number of nitrogens with one attached hydrogen (secondary N) is 1. The Morgan fingerprint density at radius 3 is 2.74 bits per heavy atom. The molecule has 0 saturated carbocycles. The highest BCUT2D eigenvalue weighted by Gasteiger charge is 2.19. The Bertz CT molecular complexity index is 432. The van der Waals surface area contributed by atoms with Crippen LogP contribution >= 0.6 is 15.9 Å². The second kappa shape index (κ2) is 7.65. The highest BCUT2D eigenvalue weighted by Crippen LogP contribution is 2.22. The van der Waals surface area contributed by atoms with E-state index in [1.807, 2.05) is 27.7 Å². The van der Waals surface area contributed by atoms with Crippen LogP contribution in [0.1, 0.15) is 37.7 Å². The molecule has 0 aliphatic carbocycles. The number of amides is 1. The van der Waals surface area contributed by atoms with Gasteiger partial charge in [-0.2, -0.15) is 5.10 Å². The lowest BCUT2D eigenvalue weighted by Gasteiger charge is -2.14. The first-order valence-corrected chi connectivity index (χ1v) is 7.35. The maximum atomic E-state index is 12.0. The zero-order valence-electron chi connectivity index (χ0n) is 12.0. The Labute approximate surface area is 122 Å². The largest absolute Gasteiger partial charge is 0.382 e. The van der Waals surface area contributed by atoms with E-state index in [2.05, 4.69) is 26.3 Å². The summed E-state index contributed by atoms with van der Waals surface area (Å²) in [5.41, 5.74) is 1.86. The fourth-order valence-corrected chi connectivity index (χ4v) is 2.07. The summed E-state index contributed by atoms with van der Waals surface area (Å²) in [5, 5.41) is 7.27. The second-order valence-electron chi connectivity index (χ2n) is 4.45. The number of carbonyl (C=O) groups is 1. The molecule has 0 aliphatic heterocycles. The molecule has 0 saturated heterocycles. The van der Waals surface area contributed by atoms with Crippen LogP contribution in [0.3, 0.4) is 0 Å². The van der Waals surface area contributed by atoms with Gasteiger partial charge in [0, 0.05) is 19.8 Å². The van der Waals surface area contributed by atoms with Gasteiger partial charge in [0.15, 0.2) is 0 Å². The minimum Gasteiger partial charge on any atom is -0.382 e. The molecular formula is C13H22BrN3O2. The van der Waals surface area contributed by atoms with Crippen LogP contribution in [-0.4, -0.2) is 35.4 Å². The quantitative estimate of drug-likeness (QED) is 0.780. The van der Waals surface area contributed by atoms with Crippen molar-refractivity contribution in [2.45, 2.75) is 40.2 Å². The molecule has 5 nitrogen and oxygen atoms in total. The molecule has 1 aromatic rings. The van der Waals surface area contributed by atoms with Crippen LogP contribution in [0.2, 0.25) is 0 Å². The van der Waals surface area contributed by atoms with E-state index in [1.54, 1.807) is 4.68 Å². The number of halogens is 1. The first kappa shape index (κ1) is 16.2. The van der Waals surface area contributed by atoms with Crippen LogP contribution in [0.15, 0.2) is 4.47 Å². The number of carbonyl (C=O) groups excluding carboxylic acids is 1. The average Bonchev–Trinajstić information content (AvgIpc) is 2.65. The Morgan fingerprint density at radius 1 is 1.53 bits per heavy atom. The summed E-state index contributed by atoms with van der Waals surface area (Å²) in [6.07, 6.45) is 0.826. The average molecular weight is 332 g/mol. The molecule has 1 heterocycles. The molecule has 1 amide bonds. The molecule has 0 aromatic carbocycles. The first-order valence-electron chi connectivity index (χ1n) is 6.55. The Hall–Kier alpha value is -0.880. The van der Waals surface area contributed by atoms with E-state index in [-0.39, 0.29) is 11.9 Å². The van der Waals surface area contributed by atoms with Crippen molar-refractivity contribution < 1.29 is 9.53 Å². The van der Waals surface area contributed by atoms with Gasteiger partial charge >= 0.3 is 0 Å².